The van der Waals surface area contributed by atoms with E-state index in [4.69, 9.17) is 23.2 Å². The summed E-state index contributed by atoms with van der Waals surface area (Å²) in [7, 11) is 1.58. The summed E-state index contributed by atoms with van der Waals surface area (Å²) in [5, 5.41) is 3.97. The van der Waals surface area contributed by atoms with Crippen LogP contribution >= 0.6 is 22.9 Å². The van der Waals surface area contributed by atoms with E-state index in [9.17, 15) is 9.59 Å². The summed E-state index contributed by atoms with van der Waals surface area (Å²) in [5.41, 5.74) is 6.54. The summed E-state index contributed by atoms with van der Waals surface area (Å²) in [6.45, 7) is 4.38. The molecule has 1 aromatic heterocycles. The van der Waals surface area contributed by atoms with E-state index in [-0.39, 0.29) is 17.7 Å². The van der Waals surface area contributed by atoms with E-state index in [0.29, 0.717) is 23.0 Å². The van der Waals surface area contributed by atoms with Crippen LogP contribution in [0.4, 0.5) is 0 Å². The molecular formula is C17H26ClN5O2S. The zero-order valence-electron chi connectivity index (χ0n) is 15.2. The molecule has 9 heteroatoms. The molecule has 1 fully saturated rings. The Morgan fingerprint density at radius 2 is 2.15 bits per heavy atom. The number of rotatable bonds is 6. The molecule has 0 saturated carbocycles. The lowest BCUT2D eigenvalue weighted by Gasteiger charge is -2.34. The molecule has 1 aliphatic rings. The van der Waals surface area contributed by atoms with Crippen molar-refractivity contribution in [3.05, 3.63) is 27.5 Å². The number of hydrogen-bond acceptors (Lipinski definition) is 6. The van der Waals surface area contributed by atoms with Crippen molar-refractivity contribution in [2.24, 2.45) is 17.5 Å². The number of nitrogens with two attached hydrogens (primary N) is 2. The molecule has 1 aliphatic heterocycles. The van der Waals surface area contributed by atoms with Crippen LogP contribution in [0.5, 0.6) is 0 Å². The third-order valence-corrected chi connectivity index (χ3v) is 5.72. The van der Waals surface area contributed by atoms with Crippen molar-refractivity contribution in [2.45, 2.75) is 38.8 Å². The Kier molecular flexibility index (Phi) is 6.91. The molecule has 2 amide bonds. The van der Waals surface area contributed by atoms with Gasteiger partial charge in [-0.3, -0.25) is 9.59 Å². The second-order valence-corrected chi connectivity index (χ2v) is 8.34. The zero-order valence-corrected chi connectivity index (χ0v) is 16.8. The number of nitrogens with one attached hydrogen (secondary N) is 1. The normalized spacial score (nSPS) is 18.9. The monoisotopic (exact) mass is 399 g/mol. The van der Waals surface area contributed by atoms with Crippen molar-refractivity contribution >= 4 is 40.4 Å². The zero-order chi connectivity index (χ0) is 19.4. The summed E-state index contributed by atoms with van der Waals surface area (Å²) in [6.07, 6.45) is 3.01. The highest BCUT2D eigenvalue weighted by Gasteiger charge is 2.39. The number of nitrogens with zero attached hydrogens (tertiary/aromatic N) is 2. The fourth-order valence-electron chi connectivity index (χ4n) is 3.17. The van der Waals surface area contributed by atoms with Gasteiger partial charge in [-0.1, -0.05) is 25.4 Å². The fourth-order valence-corrected chi connectivity index (χ4v) is 4.14. The maximum Gasteiger partial charge on any atom is 0.247 e. The van der Waals surface area contributed by atoms with Crippen molar-refractivity contribution < 1.29 is 9.59 Å². The van der Waals surface area contributed by atoms with Gasteiger partial charge in [-0.25, -0.2) is 5.84 Å². The molecule has 1 saturated heterocycles. The smallest absolute Gasteiger partial charge is 0.247 e. The largest absolute Gasteiger partial charge is 0.396 e. The summed E-state index contributed by atoms with van der Waals surface area (Å²) in [6, 6.07) is 2.50. The Morgan fingerprint density at radius 1 is 1.46 bits per heavy atom. The number of thiophene rings is 1. The minimum atomic E-state index is -0.616. The molecule has 2 atom stereocenters. The molecule has 7 nitrogen and oxygen atoms in total. The molecule has 1 aromatic rings. The van der Waals surface area contributed by atoms with Gasteiger partial charge in [0.2, 0.25) is 11.8 Å². The Hall–Kier alpha value is -1.77. The maximum atomic E-state index is 13.1. The number of likely N-dealkylation sites (tertiary alicyclic amines) is 1. The third kappa shape index (κ3) is 4.49. The highest BCUT2D eigenvalue weighted by Crippen LogP contribution is 2.26. The number of carbonyl (C=O) groups excluding carboxylic acids is 2. The highest BCUT2D eigenvalue weighted by atomic mass is 35.5. The standard InChI is InChI=1S/C17H26ClN5O2S/c1-10(2)15(17(25)22-8-4-5-12(22)16(24)21-3)23(20)9-11(19)13-6-7-14(18)26-13/h6-7,9-10,12,15H,4-5,8,19-20H2,1-3H3,(H,21,24)/b11-9-. The molecule has 0 aromatic carbocycles. The van der Waals surface area contributed by atoms with Gasteiger partial charge in [-0.05, 0) is 30.9 Å². The van der Waals surface area contributed by atoms with E-state index in [2.05, 4.69) is 5.32 Å². The van der Waals surface area contributed by atoms with E-state index in [1.54, 1.807) is 30.3 Å². The Labute approximate surface area is 162 Å². The van der Waals surface area contributed by atoms with Gasteiger partial charge >= 0.3 is 0 Å². The van der Waals surface area contributed by atoms with Crippen LogP contribution in [0.15, 0.2) is 18.3 Å². The molecule has 0 aliphatic carbocycles. The minimum Gasteiger partial charge on any atom is -0.396 e. The summed E-state index contributed by atoms with van der Waals surface area (Å²) < 4.78 is 0.627. The molecule has 0 bridgehead atoms. The van der Waals surface area contributed by atoms with Crippen LogP contribution in [0.1, 0.15) is 31.6 Å². The molecular weight excluding hydrogens is 374 g/mol. The first kappa shape index (κ1) is 20.5. The van der Waals surface area contributed by atoms with E-state index < -0.39 is 12.1 Å². The topological polar surface area (TPSA) is 105 Å². The number of amides is 2. The summed E-state index contributed by atoms with van der Waals surface area (Å²) in [5.74, 6) is 5.81. The van der Waals surface area contributed by atoms with Crippen molar-refractivity contribution in [1.82, 2.24) is 15.2 Å². The molecule has 26 heavy (non-hydrogen) atoms. The van der Waals surface area contributed by atoms with Crippen molar-refractivity contribution in [3.63, 3.8) is 0 Å². The lowest BCUT2D eigenvalue weighted by molar-refractivity contribution is -0.143. The lowest BCUT2D eigenvalue weighted by atomic mass is 10.0. The predicted octanol–water partition coefficient (Wildman–Crippen LogP) is 1.60. The highest BCUT2D eigenvalue weighted by molar-refractivity contribution is 7.17. The molecule has 144 valence electrons. The average molecular weight is 400 g/mol. The Balaban J connectivity index is 2.21. The Bertz CT molecular complexity index is 690. The second kappa shape index (κ2) is 8.75. The van der Waals surface area contributed by atoms with Crippen LogP contribution in [0, 0.1) is 5.92 Å². The van der Waals surface area contributed by atoms with Gasteiger partial charge in [0.1, 0.15) is 12.1 Å². The quantitative estimate of drug-likeness (QED) is 0.497. The number of carbonyl (C=O) groups is 2. The van der Waals surface area contributed by atoms with Gasteiger partial charge in [-0.2, -0.15) is 0 Å². The van der Waals surface area contributed by atoms with Crippen LogP contribution in [0.2, 0.25) is 4.34 Å². The second-order valence-electron chi connectivity index (χ2n) is 6.63. The van der Waals surface area contributed by atoms with E-state index in [1.807, 2.05) is 13.8 Å². The van der Waals surface area contributed by atoms with Crippen molar-refractivity contribution in [1.29, 1.82) is 0 Å². The SMILES string of the molecule is CNC(=O)C1CCCN1C(=O)C(C(C)C)N(N)/C=C(\N)c1ccc(Cl)s1. The summed E-state index contributed by atoms with van der Waals surface area (Å²) >= 11 is 7.28. The number of hydrogen-bond donors (Lipinski definition) is 3. The molecule has 2 rings (SSSR count). The first-order chi connectivity index (χ1) is 12.3. The average Bonchev–Trinajstić information content (AvgIpc) is 3.22. The van der Waals surface area contributed by atoms with Gasteiger partial charge in [-0.15, -0.1) is 11.3 Å². The Morgan fingerprint density at radius 3 is 2.69 bits per heavy atom. The number of halogens is 1. The number of likely N-dealkylation sites (N-methyl/N-ethyl adjacent to an activating group) is 1. The maximum absolute atomic E-state index is 13.1. The van der Waals surface area contributed by atoms with E-state index in [1.165, 1.54) is 16.3 Å². The van der Waals surface area contributed by atoms with Gasteiger partial charge < -0.3 is 21.0 Å². The van der Waals surface area contributed by atoms with Gasteiger partial charge in [0.25, 0.3) is 0 Å². The summed E-state index contributed by atoms with van der Waals surface area (Å²) in [4.78, 5) is 27.6. The van der Waals surface area contributed by atoms with Crippen LogP contribution in [-0.4, -0.2) is 47.4 Å². The lowest BCUT2D eigenvalue weighted by Crippen LogP contribution is -2.55. The molecule has 2 heterocycles. The first-order valence-electron chi connectivity index (χ1n) is 8.54. The fraction of sp³-hybridized carbons (Fsp3) is 0.529. The van der Waals surface area contributed by atoms with Gasteiger partial charge in [0.05, 0.1) is 14.9 Å². The van der Waals surface area contributed by atoms with Crippen molar-refractivity contribution in [2.75, 3.05) is 13.6 Å². The molecule has 0 spiro atoms. The molecule has 5 N–H and O–H groups in total. The van der Waals surface area contributed by atoms with Gasteiger partial charge in [0, 0.05) is 19.8 Å². The van der Waals surface area contributed by atoms with Gasteiger partial charge in [0.15, 0.2) is 0 Å². The van der Waals surface area contributed by atoms with Crippen LogP contribution in [0.25, 0.3) is 5.70 Å². The third-order valence-electron chi connectivity index (χ3n) is 4.44. The van der Waals surface area contributed by atoms with Crippen LogP contribution < -0.4 is 16.9 Å². The number of hydrazine groups is 1. The van der Waals surface area contributed by atoms with Crippen LogP contribution in [0.3, 0.4) is 0 Å². The van der Waals surface area contributed by atoms with E-state index >= 15 is 0 Å². The first-order valence-corrected chi connectivity index (χ1v) is 9.73. The van der Waals surface area contributed by atoms with E-state index in [0.717, 1.165) is 11.3 Å². The molecule has 0 radical (unpaired) electrons. The predicted molar refractivity (Wildman–Crippen MR) is 105 cm³/mol. The van der Waals surface area contributed by atoms with Crippen LogP contribution in [-0.2, 0) is 9.59 Å². The molecule has 2 unspecified atom stereocenters. The van der Waals surface area contributed by atoms with Crippen molar-refractivity contribution in [3.8, 4) is 0 Å². The minimum absolute atomic E-state index is 0.0607.